The van der Waals surface area contributed by atoms with Crippen molar-refractivity contribution in [3.63, 3.8) is 0 Å². The summed E-state index contributed by atoms with van der Waals surface area (Å²) < 4.78 is 38.5. The van der Waals surface area contributed by atoms with Crippen LogP contribution in [0.5, 0.6) is 0 Å². The third kappa shape index (κ3) is 4.06. The first-order valence-corrected chi connectivity index (χ1v) is 4.86. The number of rotatable bonds is 5. The molecule has 0 bridgehead atoms. The van der Waals surface area contributed by atoms with E-state index in [1.165, 1.54) is 6.08 Å². The first-order valence-electron chi connectivity index (χ1n) is 3.42. The second-order valence-corrected chi connectivity index (χ2v) is 3.46. The highest BCUT2D eigenvalue weighted by molar-refractivity contribution is 7.90. The Bertz CT molecular complexity index is 339. The number of carbonyl (C=O) groups excluding carboxylic acids is 1. The molecule has 0 rings (SSSR count). The van der Waals surface area contributed by atoms with Gasteiger partial charge in [-0.1, -0.05) is 12.7 Å². The molecule has 0 aliphatic carbocycles. The molecule has 0 heterocycles. The number of carbonyl (C=O) groups is 1. The monoisotopic (exact) mass is 222 g/mol. The summed E-state index contributed by atoms with van der Waals surface area (Å²) in [6.45, 7) is 3.31. The Labute approximate surface area is 81.6 Å². The van der Waals surface area contributed by atoms with Gasteiger partial charge in [0.25, 0.3) is 0 Å². The zero-order valence-electron chi connectivity index (χ0n) is 7.47. The molecule has 0 spiro atoms. The molecule has 80 valence electrons. The lowest BCUT2D eigenvalue weighted by atomic mass is 10.6. The highest BCUT2D eigenvalue weighted by Crippen LogP contribution is 2.06. The summed E-state index contributed by atoms with van der Waals surface area (Å²) in [4.78, 5) is 9.86. The van der Waals surface area contributed by atoms with Crippen molar-refractivity contribution in [2.75, 3.05) is 13.7 Å². The summed E-state index contributed by atoms with van der Waals surface area (Å²) in [7, 11) is -3.65. The minimum absolute atomic E-state index is 0.00993. The van der Waals surface area contributed by atoms with Crippen LogP contribution in [0.1, 0.15) is 0 Å². The lowest BCUT2D eigenvalue weighted by Crippen LogP contribution is -2.14. The molecule has 0 fully saturated rings. The molecular formula is C7H10O6S. The van der Waals surface area contributed by atoms with Crippen molar-refractivity contribution in [3.05, 3.63) is 23.8 Å². The van der Waals surface area contributed by atoms with E-state index in [9.17, 15) is 13.2 Å². The summed E-state index contributed by atoms with van der Waals surface area (Å²) in [5, 5.41) is 0. The number of methoxy groups -OCH3 is 1. The van der Waals surface area contributed by atoms with E-state index in [0.29, 0.717) is 6.26 Å². The molecule has 1 N–H and O–H groups in total. The molecule has 14 heavy (non-hydrogen) atoms. The molecule has 0 saturated heterocycles. The Balaban J connectivity index is 4.83. The maximum absolute atomic E-state index is 10.8. The first-order chi connectivity index (χ1) is 6.43. The highest BCUT2D eigenvalue weighted by Gasteiger charge is 2.24. The van der Waals surface area contributed by atoms with Crippen LogP contribution in [0, 0.1) is 0 Å². The van der Waals surface area contributed by atoms with Gasteiger partial charge in [-0.15, -0.1) is 0 Å². The van der Waals surface area contributed by atoms with Crippen LogP contribution in [0.15, 0.2) is 23.8 Å². The predicted octanol–water partition coefficient (Wildman–Crippen LogP) is 0.0912. The SMILES string of the molecule is C=CCOC=C(C(=O)OC)S(=O)(=O)O. The maximum atomic E-state index is 10.8. The van der Waals surface area contributed by atoms with Gasteiger partial charge >= 0.3 is 16.1 Å². The summed E-state index contributed by atoms with van der Waals surface area (Å²) in [6, 6.07) is 0. The molecule has 0 aliphatic heterocycles. The van der Waals surface area contributed by atoms with Crippen molar-refractivity contribution < 1.29 is 27.2 Å². The van der Waals surface area contributed by atoms with Crippen LogP contribution < -0.4 is 0 Å². The van der Waals surface area contributed by atoms with Gasteiger partial charge in [0.15, 0.2) is 0 Å². The Hall–Kier alpha value is -1.34. The third-order valence-corrected chi connectivity index (χ3v) is 1.89. The number of esters is 1. The van der Waals surface area contributed by atoms with Crippen molar-refractivity contribution >= 4 is 16.1 Å². The number of ether oxygens (including phenoxy) is 2. The van der Waals surface area contributed by atoms with Crippen LogP contribution in [0.4, 0.5) is 0 Å². The Kier molecular flexibility index (Phi) is 4.89. The lowest BCUT2D eigenvalue weighted by Gasteiger charge is -2.01. The second-order valence-electron chi connectivity index (χ2n) is 2.07. The molecule has 0 unspecified atom stereocenters. The van der Waals surface area contributed by atoms with Gasteiger partial charge in [-0.25, -0.2) is 4.79 Å². The summed E-state index contributed by atoms with van der Waals surface area (Å²) >= 11 is 0. The Morgan fingerprint density at radius 3 is 2.50 bits per heavy atom. The predicted molar refractivity (Wildman–Crippen MR) is 47.8 cm³/mol. The van der Waals surface area contributed by atoms with E-state index in [-0.39, 0.29) is 6.61 Å². The van der Waals surface area contributed by atoms with Gasteiger partial charge in [-0.3, -0.25) is 4.55 Å². The Morgan fingerprint density at radius 1 is 1.57 bits per heavy atom. The molecule has 7 heteroatoms. The molecule has 0 aromatic carbocycles. The standard InChI is InChI=1S/C7H10O6S/c1-3-4-13-5-6(7(8)12-2)14(9,10)11/h3,5H,1,4H2,2H3,(H,9,10,11). The van der Waals surface area contributed by atoms with Crippen LogP contribution >= 0.6 is 0 Å². The van der Waals surface area contributed by atoms with Gasteiger partial charge < -0.3 is 9.47 Å². The van der Waals surface area contributed by atoms with Gasteiger partial charge in [0, 0.05) is 0 Å². The summed E-state index contributed by atoms with van der Waals surface area (Å²) in [5.41, 5.74) is 0. The van der Waals surface area contributed by atoms with E-state index < -0.39 is 21.0 Å². The largest absolute Gasteiger partial charge is 0.495 e. The van der Waals surface area contributed by atoms with Crippen molar-refractivity contribution in [1.82, 2.24) is 0 Å². The van der Waals surface area contributed by atoms with Crippen LogP contribution in [-0.4, -0.2) is 32.7 Å². The smallest absolute Gasteiger partial charge is 0.355 e. The van der Waals surface area contributed by atoms with E-state index in [1.807, 2.05) is 0 Å². The molecule has 0 radical (unpaired) electrons. The molecule has 0 atom stereocenters. The minimum atomic E-state index is -4.63. The van der Waals surface area contributed by atoms with Crippen LogP contribution in [0.3, 0.4) is 0 Å². The molecule has 0 aromatic rings. The summed E-state index contributed by atoms with van der Waals surface area (Å²) in [6.07, 6.45) is 1.94. The molecule has 0 aliphatic rings. The van der Waals surface area contributed by atoms with Gasteiger partial charge in [0.1, 0.15) is 12.9 Å². The van der Waals surface area contributed by atoms with Crippen molar-refractivity contribution in [3.8, 4) is 0 Å². The molecule has 0 aromatic heterocycles. The van der Waals surface area contributed by atoms with Crippen molar-refractivity contribution in [2.24, 2.45) is 0 Å². The fourth-order valence-electron chi connectivity index (χ4n) is 0.507. The molecular weight excluding hydrogens is 212 g/mol. The first kappa shape index (κ1) is 12.7. The van der Waals surface area contributed by atoms with Gasteiger partial charge in [0.2, 0.25) is 4.91 Å². The van der Waals surface area contributed by atoms with Crippen LogP contribution in [0.2, 0.25) is 0 Å². The zero-order valence-corrected chi connectivity index (χ0v) is 8.28. The van der Waals surface area contributed by atoms with Gasteiger partial charge in [-0.05, 0) is 0 Å². The third-order valence-electron chi connectivity index (χ3n) is 1.07. The number of hydrogen-bond acceptors (Lipinski definition) is 5. The van der Waals surface area contributed by atoms with Gasteiger partial charge in [-0.2, -0.15) is 8.42 Å². The van der Waals surface area contributed by atoms with E-state index >= 15 is 0 Å². The fraction of sp³-hybridized carbons (Fsp3) is 0.286. The van der Waals surface area contributed by atoms with Gasteiger partial charge in [0.05, 0.1) is 7.11 Å². The average Bonchev–Trinajstić information content (AvgIpc) is 2.09. The van der Waals surface area contributed by atoms with E-state index in [1.54, 1.807) is 0 Å². The minimum Gasteiger partial charge on any atom is -0.495 e. The quantitative estimate of drug-likeness (QED) is 0.177. The van der Waals surface area contributed by atoms with Crippen LogP contribution in [0.25, 0.3) is 0 Å². The zero-order chi connectivity index (χ0) is 11.2. The molecule has 0 amide bonds. The molecule has 6 nitrogen and oxygen atoms in total. The second kappa shape index (κ2) is 5.40. The van der Waals surface area contributed by atoms with E-state index in [4.69, 9.17) is 4.55 Å². The van der Waals surface area contributed by atoms with Crippen molar-refractivity contribution in [1.29, 1.82) is 0 Å². The van der Waals surface area contributed by atoms with Crippen molar-refractivity contribution in [2.45, 2.75) is 0 Å². The highest BCUT2D eigenvalue weighted by atomic mass is 32.2. The number of hydrogen-bond donors (Lipinski definition) is 1. The van der Waals surface area contributed by atoms with E-state index in [0.717, 1.165) is 7.11 Å². The normalized spacial score (nSPS) is 12.0. The topological polar surface area (TPSA) is 89.9 Å². The lowest BCUT2D eigenvalue weighted by molar-refractivity contribution is -0.135. The average molecular weight is 222 g/mol. The maximum Gasteiger partial charge on any atom is 0.355 e. The van der Waals surface area contributed by atoms with Crippen LogP contribution in [-0.2, 0) is 24.4 Å². The van der Waals surface area contributed by atoms with E-state index in [2.05, 4.69) is 16.1 Å². The Morgan fingerprint density at radius 2 is 2.14 bits per heavy atom. The molecule has 0 saturated carbocycles. The fourth-order valence-corrected chi connectivity index (χ4v) is 0.990. The summed E-state index contributed by atoms with van der Waals surface area (Å²) in [5.74, 6) is -1.20.